The molecule has 392 valence electrons. The molecule has 3 heterocycles. The van der Waals surface area contributed by atoms with Crippen molar-refractivity contribution in [2.24, 2.45) is 16.7 Å². The first kappa shape index (κ1) is 54.4. The Balaban J connectivity index is 1.24. The van der Waals surface area contributed by atoms with Gasteiger partial charge >= 0.3 is 0 Å². The van der Waals surface area contributed by atoms with Gasteiger partial charge in [0.15, 0.2) is 5.82 Å². The quantitative estimate of drug-likeness (QED) is 0.0844. The molecule has 4 aromatic rings. The number of aromatic nitrogens is 2. The van der Waals surface area contributed by atoms with Crippen LogP contribution in [-0.4, -0.2) is 99.2 Å². The van der Waals surface area contributed by atoms with Gasteiger partial charge in [-0.3, -0.25) is 28.8 Å². The van der Waals surface area contributed by atoms with E-state index in [9.17, 15) is 19.2 Å². The van der Waals surface area contributed by atoms with Crippen LogP contribution in [0.3, 0.4) is 0 Å². The molecule has 7 rings (SSSR count). The van der Waals surface area contributed by atoms with Gasteiger partial charge in [0.05, 0.1) is 18.1 Å². The molecule has 1 saturated heterocycles. The van der Waals surface area contributed by atoms with Crippen molar-refractivity contribution in [1.82, 2.24) is 46.5 Å². The first-order valence-corrected chi connectivity index (χ1v) is 26.1. The van der Waals surface area contributed by atoms with E-state index in [1.54, 1.807) is 30.7 Å². The molecule has 3 unspecified atom stereocenters. The summed E-state index contributed by atoms with van der Waals surface area (Å²) in [5.41, 5.74) is 4.40. The first-order chi connectivity index (χ1) is 34.6. The summed E-state index contributed by atoms with van der Waals surface area (Å²) in [4.78, 5) is 94.5. The van der Waals surface area contributed by atoms with Crippen LogP contribution in [0.4, 0.5) is 0 Å². The summed E-state index contributed by atoms with van der Waals surface area (Å²) >= 11 is 0. The number of aryl methyl sites for hydroxylation is 2. The van der Waals surface area contributed by atoms with Crippen LogP contribution in [0.15, 0.2) is 77.3 Å². The highest BCUT2D eigenvalue weighted by atomic mass is 16.5. The Kier molecular flexibility index (Phi) is 17.0. The van der Waals surface area contributed by atoms with Gasteiger partial charge in [-0.1, -0.05) is 133 Å². The van der Waals surface area contributed by atoms with Crippen LogP contribution in [0.2, 0.25) is 0 Å². The van der Waals surface area contributed by atoms with Crippen LogP contribution in [0, 0.1) is 23.7 Å². The zero-order valence-corrected chi connectivity index (χ0v) is 44.6. The number of rotatable bonds is 16. The molecule has 3 aliphatic rings. The Morgan fingerprint density at radius 3 is 2.07 bits per heavy atom. The number of benzene rings is 3. The molecular formula is C57H77N9O7. The monoisotopic (exact) mass is 1000 g/mol. The van der Waals surface area contributed by atoms with Crippen LogP contribution in [0.1, 0.15) is 151 Å². The minimum Gasteiger partial charge on any atom is -0.347 e. The van der Waals surface area contributed by atoms with E-state index in [0.29, 0.717) is 24.6 Å². The normalized spacial score (nSPS) is 20.9. The summed E-state index contributed by atoms with van der Waals surface area (Å²) in [5, 5.41) is 19.7. The van der Waals surface area contributed by atoms with Gasteiger partial charge in [-0.2, -0.15) is 4.98 Å². The number of likely N-dealkylation sites (tertiary alicyclic amines) is 1. The van der Waals surface area contributed by atoms with E-state index >= 15 is 9.59 Å². The molecule has 1 fully saturated rings. The number of fused-ring (bicyclic) bond motifs is 2. The van der Waals surface area contributed by atoms with Crippen molar-refractivity contribution >= 4 is 35.4 Å². The SMILES string of the molecule is CC[C@@H](C)C(=O)N[C@H](C(=O)N1Cc2cc(C3C[C@@H](C(=O)NC(Cc4ccccc4)c4noc(C)n4)N(C(=O)[C@@H](NC(=O)[C@H](C)NC)C(C)(C)C)C3)ccc2C[C@H]1C(=O)NC1CCCc2ccccc21)C(C)(C)C. The highest BCUT2D eigenvalue weighted by Crippen LogP contribution is 2.38. The lowest BCUT2D eigenvalue weighted by molar-refractivity contribution is -0.147. The molecule has 1 aromatic heterocycles. The molecule has 0 spiro atoms. The van der Waals surface area contributed by atoms with Crippen LogP contribution >= 0.6 is 0 Å². The molecule has 1 aliphatic carbocycles. The average Bonchev–Trinajstić information content (AvgIpc) is 4.02. The molecule has 0 radical (unpaired) electrons. The Hall–Kier alpha value is -6.42. The summed E-state index contributed by atoms with van der Waals surface area (Å²) in [7, 11) is 1.68. The van der Waals surface area contributed by atoms with Crippen LogP contribution in [0.5, 0.6) is 0 Å². The fourth-order valence-electron chi connectivity index (χ4n) is 10.3. The predicted octanol–water partition coefficient (Wildman–Crippen LogP) is 6.33. The topological polar surface area (TPSA) is 208 Å². The number of carbonyl (C=O) groups is 6. The number of nitrogens with zero attached hydrogens (tertiary/aromatic N) is 4. The first-order valence-electron chi connectivity index (χ1n) is 26.1. The van der Waals surface area contributed by atoms with Crippen molar-refractivity contribution in [3.63, 3.8) is 0 Å². The third-order valence-corrected chi connectivity index (χ3v) is 15.1. The molecule has 0 bridgehead atoms. The van der Waals surface area contributed by atoms with Gasteiger partial charge in [0, 0.05) is 44.7 Å². The second-order valence-corrected chi connectivity index (χ2v) is 22.7. The summed E-state index contributed by atoms with van der Waals surface area (Å²) in [6, 6.07) is 18.7. The largest absolute Gasteiger partial charge is 0.347 e. The van der Waals surface area contributed by atoms with E-state index in [0.717, 1.165) is 47.1 Å². The zero-order valence-electron chi connectivity index (χ0n) is 44.6. The summed E-state index contributed by atoms with van der Waals surface area (Å²) in [6.07, 6.45) is 4.10. The van der Waals surface area contributed by atoms with Crippen molar-refractivity contribution in [2.45, 2.75) is 169 Å². The maximum absolute atomic E-state index is 15.2. The van der Waals surface area contributed by atoms with Gasteiger partial charge in [-0.25, -0.2) is 0 Å². The molecule has 9 atom stereocenters. The van der Waals surface area contributed by atoms with Gasteiger partial charge < -0.3 is 40.9 Å². The summed E-state index contributed by atoms with van der Waals surface area (Å²) in [6.45, 7) is 18.8. The lowest BCUT2D eigenvalue weighted by atomic mass is 9.83. The Morgan fingerprint density at radius 1 is 0.767 bits per heavy atom. The molecule has 3 aromatic carbocycles. The summed E-state index contributed by atoms with van der Waals surface area (Å²) in [5.74, 6) is -1.97. The number of amides is 6. The van der Waals surface area contributed by atoms with E-state index in [4.69, 9.17) is 4.52 Å². The van der Waals surface area contributed by atoms with Gasteiger partial charge in [0.1, 0.15) is 24.2 Å². The van der Waals surface area contributed by atoms with Crippen molar-refractivity contribution in [3.05, 3.63) is 118 Å². The lowest BCUT2D eigenvalue weighted by Gasteiger charge is -2.42. The van der Waals surface area contributed by atoms with Gasteiger partial charge in [-0.15, -0.1) is 0 Å². The third-order valence-electron chi connectivity index (χ3n) is 15.1. The van der Waals surface area contributed by atoms with E-state index in [2.05, 4.69) is 48.9 Å². The molecule has 6 amide bonds. The fraction of sp³-hybridized carbons (Fsp3) is 0.544. The number of carbonyl (C=O) groups excluding carboxylic acids is 6. The van der Waals surface area contributed by atoms with Crippen molar-refractivity contribution in [2.75, 3.05) is 13.6 Å². The smallest absolute Gasteiger partial charge is 0.246 e. The Bertz CT molecular complexity index is 2640. The number of hydrogen-bond donors (Lipinski definition) is 5. The Morgan fingerprint density at radius 2 is 1.42 bits per heavy atom. The zero-order chi connectivity index (χ0) is 52.9. The standard InChI is InChI=1S/C57H77N9O7/c1-12-33(2)50(67)62-47(56(5,6)7)54(71)65-31-40-28-38(25-26-39(40)29-45(65)52(69)60-43-24-18-22-37-21-16-17-23-42(37)43)41-30-46(66(32-41)55(72)48(57(8,9)10)63-51(68)34(3)58-11)53(70)61-44(49-59-35(4)73-64-49)27-36-19-14-13-15-20-36/h13-17,19-21,23,25-26,28,33-34,41,43-48,58H,12,18,22,24,27,29-32H2,1-11H3,(H,60,69)(H,61,70)(H,62,67)(H,63,68)/t33-,34+,41?,43?,44?,45+,46+,47-,48-/m1/s1. The van der Waals surface area contributed by atoms with E-state index in [1.165, 1.54) is 5.56 Å². The van der Waals surface area contributed by atoms with E-state index < -0.39 is 58.9 Å². The fourth-order valence-corrected chi connectivity index (χ4v) is 10.3. The highest BCUT2D eigenvalue weighted by Gasteiger charge is 2.47. The summed E-state index contributed by atoms with van der Waals surface area (Å²) < 4.78 is 5.37. The minimum atomic E-state index is -0.977. The maximum atomic E-state index is 15.2. The van der Waals surface area contributed by atoms with Crippen LogP contribution in [-0.2, 0) is 54.6 Å². The number of nitrogens with one attached hydrogen (secondary N) is 5. The van der Waals surface area contributed by atoms with Gasteiger partial charge in [0.2, 0.25) is 41.3 Å². The molecule has 5 N–H and O–H groups in total. The van der Waals surface area contributed by atoms with Crippen molar-refractivity contribution in [3.8, 4) is 0 Å². The lowest BCUT2D eigenvalue weighted by Crippen LogP contribution is -2.61. The minimum absolute atomic E-state index is 0.0967. The van der Waals surface area contributed by atoms with Crippen molar-refractivity contribution < 1.29 is 33.3 Å². The van der Waals surface area contributed by atoms with E-state index in [-0.39, 0.29) is 67.4 Å². The average molecular weight is 1000 g/mol. The highest BCUT2D eigenvalue weighted by molar-refractivity contribution is 5.95. The molecule has 73 heavy (non-hydrogen) atoms. The predicted molar refractivity (Wildman–Crippen MR) is 278 cm³/mol. The number of hydrogen-bond acceptors (Lipinski definition) is 10. The van der Waals surface area contributed by atoms with Crippen LogP contribution in [0.25, 0.3) is 0 Å². The molecule has 16 nitrogen and oxygen atoms in total. The second kappa shape index (κ2) is 22.8. The molecule has 0 saturated carbocycles. The molecular weight excluding hydrogens is 923 g/mol. The third kappa shape index (κ3) is 12.7. The number of likely N-dealkylation sites (N-methyl/N-ethyl adjacent to an activating group) is 1. The molecule has 2 aliphatic heterocycles. The maximum Gasteiger partial charge on any atom is 0.246 e. The second-order valence-electron chi connectivity index (χ2n) is 22.7. The van der Waals surface area contributed by atoms with E-state index in [1.807, 2.05) is 116 Å². The molecule has 16 heteroatoms. The van der Waals surface area contributed by atoms with Gasteiger partial charge in [0.25, 0.3) is 0 Å². The van der Waals surface area contributed by atoms with Crippen molar-refractivity contribution in [1.29, 1.82) is 0 Å². The Labute approximate surface area is 431 Å². The van der Waals surface area contributed by atoms with Gasteiger partial charge in [-0.05, 0) is 90.3 Å². The van der Waals surface area contributed by atoms with Crippen LogP contribution < -0.4 is 26.6 Å².